The molecule has 0 saturated carbocycles. The topological polar surface area (TPSA) is 76.0 Å². The molecule has 5 nitrogen and oxygen atoms in total. The molecule has 0 aromatic heterocycles. The maximum absolute atomic E-state index is 12.7. The minimum Gasteiger partial charge on any atom is -0.507 e. The lowest BCUT2D eigenvalue weighted by Gasteiger charge is -2.37. The van der Waals surface area contributed by atoms with Gasteiger partial charge in [0.05, 0.1) is 12.7 Å². The van der Waals surface area contributed by atoms with Gasteiger partial charge in [0.15, 0.2) is 11.4 Å². The number of phenols is 2. The van der Waals surface area contributed by atoms with Crippen molar-refractivity contribution >= 4 is 51.2 Å². The molecule has 0 fully saturated rings. The molecule has 0 saturated heterocycles. The van der Waals surface area contributed by atoms with Crippen molar-refractivity contribution in [1.29, 1.82) is 0 Å². The van der Waals surface area contributed by atoms with E-state index < -0.39 is 11.6 Å². The number of hydrogen-bond donors (Lipinski definition) is 2. The maximum Gasteiger partial charge on any atom is 0.340 e. The van der Waals surface area contributed by atoms with Gasteiger partial charge in [-0.1, -0.05) is 18.2 Å². The largest absolute Gasteiger partial charge is 0.507 e. The molecule has 3 aromatic rings. The van der Waals surface area contributed by atoms with Crippen LogP contribution in [0, 0.1) is 7.14 Å². The predicted octanol–water partition coefficient (Wildman–Crippen LogP) is 4.88. The molecule has 134 valence electrons. The van der Waals surface area contributed by atoms with Crippen molar-refractivity contribution in [3.8, 4) is 23.0 Å². The van der Waals surface area contributed by atoms with Crippen LogP contribution in [0.15, 0.2) is 48.5 Å². The number of fused-ring (bicyclic) bond motifs is 6. The fourth-order valence-corrected chi connectivity index (χ4v) is 4.74. The Morgan fingerprint density at radius 2 is 1.67 bits per heavy atom. The number of hydrogen-bond acceptors (Lipinski definition) is 5. The quantitative estimate of drug-likeness (QED) is 0.292. The second-order valence-corrected chi connectivity index (χ2v) is 8.53. The number of phenolic OH excluding ortho intramolecular Hbond substituents is 2. The third kappa shape index (κ3) is 2.18. The van der Waals surface area contributed by atoms with Gasteiger partial charge in [0, 0.05) is 22.8 Å². The Labute approximate surface area is 181 Å². The summed E-state index contributed by atoms with van der Waals surface area (Å²) in [5, 5.41) is 20.3. The van der Waals surface area contributed by atoms with Crippen molar-refractivity contribution in [2.24, 2.45) is 0 Å². The summed E-state index contributed by atoms with van der Waals surface area (Å²) in [7, 11) is 0. The minimum absolute atomic E-state index is 0.0697. The van der Waals surface area contributed by atoms with Crippen molar-refractivity contribution in [3.05, 3.63) is 77.9 Å². The molecule has 0 radical (unpaired) electrons. The first-order valence-corrected chi connectivity index (χ1v) is 10.1. The Morgan fingerprint density at radius 3 is 2.48 bits per heavy atom. The van der Waals surface area contributed by atoms with Gasteiger partial charge in [0.25, 0.3) is 0 Å². The van der Waals surface area contributed by atoms with Gasteiger partial charge in [-0.2, -0.15) is 0 Å². The highest BCUT2D eigenvalue weighted by molar-refractivity contribution is 14.1. The molecule has 1 atom stereocenters. The summed E-state index contributed by atoms with van der Waals surface area (Å²) in [5.74, 6) is 0.512. The average Bonchev–Trinajstić information content (AvgIpc) is 2.95. The van der Waals surface area contributed by atoms with E-state index in [2.05, 4.69) is 0 Å². The van der Waals surface area contributed by atoms with Crippen molar-refractivity contribution < 1.29 is 24.5 Å². The summed E-state index contributed by atoms with van der Waals surface area (Å²) >= 11 is 4.03. The number of benzene rings is 3. The number of esters is 1. The molecule has 0 aliphatic carbocycles. The van der Waals surface area contributed by atoms with Crippen LogP contribution in [-0.4, -0.2) is 16.2 Å². The average molecular weight is 584 g/mol. The molecule has 1 unspecified atom stereocenters. The third-order valence-corrected chi connectivity index (χ3v) is 6.77. The SMILES string of the molecule is O=C1OC2(c3cc(I)c(O)cc3Oc3c2ccc(O)c3I)c2ccccc21. The molecular weight excluding hydrogens is 574 g/mol. The van der Waals surface area contributed by atoms with E-state index in [9.17, 15) is 15.0 Å². The van der Waals surface area contributed by atoms with E-state index >= 15 is 0 Å². The molecule has 3 aromatic carbocycles. The van der Waals surface area contributed by atoms with E-state index in [-0.39, 0.29) is 11.5 Å². The Hall–Kier alpha value is -2.01. The molecule has 0 amide bonds. The first kappa shape index (κ1) is 17.1. The monoisotopic (exact) mass is 584 g/mol. The summed E-state index contributed by atoms with van der Waals surface area (Å²) in [4.78, 5) is 12.7. The third-order valence-electron chi connectivity index (χ3n) is 4.87. The highest BCUT2D eigenvalue weighted by Gasteiger charge is 2.54. The normalized spacial score (nSPS) is 19.1. The van der Waals surface area contributed by atoms with E-state index in [1.807, 2.05) is 57.3 Å². The molecule has 0 bridgehead atoms. The Bertz CT molecular complexity index is 1150. The molecule has 1 spiro atoms. The van der Waals surface area contributed by atoms with Crippen LogP contribution in [0.2, 0.25) is 0 Å². The van der Waals surface area contributed by atoms with Gasteiger partial charge in [-0.05, 0) is 69.4 Å². The van der Waals surface area contributed by atoms with Crippen LogP contribution < -0.4 is 4.74 Å². The van der Waals surface area contributed by atoms with Crippen molar-refractivity contribution in [3.63, 3.8) is 0 Å². The number of halogens is 2. The van der Waals surface area contributed by atoms with Gasteiger partial charge in [0.1, 0.15) is 17.2 Å². The van der Waals surface area contributed by atoms with Gasteiger partial charge in [-0.15, -0.1) is 0 Å². The molecule has 5 rings (SSSR count). The van der Waals surface area contributed by atoms with E-state index in [1.165, 1.54) is 6.07 Å². The minimum atomic E-state index is -1.20. The summed E-state index contributed by atoms with van der Waals surface area (Å²) in [6.45, 7) is 0. The van der Waals surface area contributed by atoms with Crippen LogP contribution >= 0.6 is 45.2 Å². The Kier molecular flexibility index (Phi) is 3.64. The lowest BCUT2D eigenvalue weighted by Crippen LogP contribution is -2.33. The molecule has 2 N–H and O–H groups in total. The summed E-state index contributed by atoms with van der Waals surface area (Å²) < 4.78 is 13.2. The van der Waals surface area contributed by atoms with Gasteiger partial charge in [-0.3, -0.25) is 0 Å². The molecule has 27 heavy (non-hydrogen) atoms. The van der Waals surface area contributed by atoms with E-state index in [4.69, 9.17) is 9.47 Å². The molecule has 2 aliphatic heterocycles. The van der Waals surface area contributed by atoms with Gasteiger partial charge in [-0.25, -0.2) is 4.79 Å². The summed E-state index contributed by atoms with van der Waals surface area (Å²) in [6, 6.07) is 13.8. The van der Waals surface area contributed by atoms with Crippen LogP contribution in [0.3, 0.4) is 0 Å². The molecule has 7 heteroatoms. The van der Waals surface area contributed by atoms with Crippen molar-refractivity contribution in [2.45, 2.75) is 5.60 Å². The lowest BCUT2D eigenvalue weighted by molar-refractivity contribution is 0.0223. The van der Waals surface area contributed by atoms with Crippen LogP contribution in [-0.2, 0) is 10.3 Å². The number of ether oxygens (including phenoxy) is 2. The predicted molar refractivity (Wildman–Crippen MR) is 113 cm³/mol. The zero-order valence-electron chi connectivity index (χ0n) is 13.5. The highest BCUT2D eigenvalue weighted by atomic mass is 127. The van der Waals surface area contributed by atoms with Crippen LogP contribution in [0.25, 0.3) is 0 Å². The van der Waals surface area contributed by atoms with Crippen molar-refractivity contribution in [2.75, 3.05) is 0 Å². The molecular formula is C20H10I2O5. The van der Waals surface area contributed by atoms with Crippen LogP contribution in [0.1, 0.15) is 27.0 Å². The number of carbonyl (C=O) groups is 1. The van der Waals surface area contributed by atoms with E-state index in [1.54, 1.807) is 30.3 Å². The Balaban J connectivity index is 1.95. The lowest BCUT2D eigenvalue weighted by atomic mass is 9.77. The smallest absolute Gasteiger partial charge is 0.340 e. The van der Waals surface area contributed by atoms with Gasteiger partial charge < -0.3 is 19.7 Å². The summed E-state index contributed by atoms with van der Waals surface area (Å²) in [5.41, 5.74) is 1.28. The first-order valence-electron chi connectivity index (χ1n) is 7.99. The van der Waals surface area contributed by atoms with Gasteiger partial charge in [0.2, 0.25) is 0 Å². The second kappa shape index (κ2) is 5.74. The number of rotatable bonds is 0. The molecule has 2 heterocycles. The number of aromatic hydroxyl groups is 2. The fraction of sp³-hybridized carbons (Fsp3) is 0.0500. The fourth-order valence-electron chi connectivity index (χ4n) is 3.70. The summed E-state index contributed by atoms with van der Waals surface area (Å²) in [6.07, 6.45) is 0. The zero-order valence-corrected chi connectivity index (χ0v) is 17.8. The van der Waals surface area contributed by atoms with E-state index in [0.29, 0.717) is 40.9 Å². The van der Waals surface area contributed by atoms with Crippen LogP contribution in [0.5, 0.6) is 23.0 Å². The van der Waals surface area contributed by atoms with Gasteiger partial charge >= 0.3 is 5.97 Å². The second-order valence-electron chi connectivity index (χ2n) is 6.29. The highest BCUT2D eigenvalue weighted by Crippen LogP contribution is 2.58. The van der Waals surface area contributed by atoms with Crippen LogP contribution in [0.4, 0.5) is 0 Å². The first-order chi connectivity index (χ1) is 12.9. The standard InChI is InChI=1S/C20H10I2O5/c21-13-7-12-16(8-15(13)24)26-18-11(5-6-14(23)17(18)22)20(12)10-4-2-1-3-9(10)19(25)27-20/h1-8,23-24H. The Morgan fingerprint density at radius 1 is 0.889 bits per heavy atom. The maximum atomic E-state index is 12.7. The number of carbonyl (C=O) groups excluding carboxylic acids is 1. The van der Waals surface area contributed by atoms with Crippen molar-refractivity contribution in [1.82, 2.24) is 0 Å². The van der Waals surface area contributed by atoms with E-state index in [0.717, 1.165) is 0 Å². The molecule has 2 aliphatic rings. The zero-order chi connectivity index (χ0) is 18.9.